The van der Waals surface area contributed by atoms with Crippen molar-refractivity contribution in [2.45, 2.75) is 32.6 Å². The average molecular weight is 382 g/mol. The number of fused-ring (bicyclic) bond motifs is 1. The molecule has 0 bridgehead atoms. The van der Waals surface area contributed by atoms with E-state index in [4.69, 9.17) is 4.42 Å². The molecule has 4 rings (SSSR count). The summed E-state index contributed by atoms with van der Waals surface area (Å²) >= 11 is 0. The molecule has 3 heterocycles. The Balaban J connectivity index is 1.64. The van der Waals surface area contributed by atoms with E-state index in [0.717, 1.165) is 31.5 Å². The van der Waals surface area contributed by atoms with Gasteiger partial charge >= 0.3 is 11.3 Å². The minimum Gasteiger partial charge on any atom is -0.427 e. The van der Waals surface area contributed by atoms with Crippen molar-refractivity contribution in [1.82, 2.24) is 15.3 Å². The first-order valence-corrected chi connectivity index (χ1v) is 9.31. The first kappa shape index (κ1) is 18.2. The molecule has 2 aromatic heterocycles. The fourth-order valence-corrected chi connectivity index (χ4v) is 3.71. The Bertz CT molecular complexity index is 1170. The van der Waals surface area contributed by atoms with Gasteiger partial charge in [-0.2, -0.15) is 0 Å². The van der Waals surface area contributed by atoms with Gasteiger partial charge in [-0.1, -0.05) is 0 Å². The predicted molar refractivity (Wildman–Crippen MR) is 106 cm³/mol. The van der Waals surface area contributed by atoms with E-state index in [9.17, 15) is 14.4 Å². The van der Waals surface area contributed by atoms with Gasteiger partial charge in [-0.15, -0.1) is 0 Å². The fraction of sp³-hybridized carbons (Fsp3) is 0.350. The van der Waals surface area contributed by atoms with E-state index in [1.54, 1.807) is 25.1 Å². The summed E-state index contributed by atoms with van der Waals surface area (Å²) in [5.41, 5.74) is 2.15. The van der Waals surface area contributed by atoms with Crippen LogP contribution in [0.15, 0.2) is 32.2 Å². The molecular weight excluding hydrogens is 360 g/mol. The highest BCUT2D eigenvalue weighted by Crippen LogP contribution is 2.25. The van der Waals surface area contributed by atoms with Crippen molar-refractivity contribution in [1.29, 1.82) is 0 Å². The van der Waals surface area contributed by atoms with Crippen molar-refractivity contribution in [2.75, 3.05) is 18.4 Å². The number of amides is 1. The van der Waals surface area contributed by atoms with E-state index >= 15 is 0 Å². The minimum absolute atomic E-state index is 0.00502. The van der Waals surface area contributed by atoms with Gasteiger partial charge in [-0.3, -0.25) is 4.79 Å². The first-order chi connectivity index (χ1) is 13.4. The number of rotatable bonds is 3. The Morgan fingerprint density at radius 2 is 1.86 bits per heavy atom. The number of aryl methyl sites for hydroxylation is 2. The largest absolute Gasteiger partial charge is 0.427 e. The zero-order valence-electron chi connectivity index (χ0n) is 15.8. The van der Waals surface area contributed by atoms with Crippen LogP contribution in [0.25, 0.3) is 11.0 Å². The molecule has 1 atom stereocenters. The number of hydrogen-bond acceptors (Lipinski definition) is 5. The van der Waals surface area contributed by atoms with E-state index in [2.05, 4.69) is 20.6 Å². The maximum atomic E-state index is 12.8. The van der Waals surface area contributed by atoms with E-state index in [1.165, 1.54) is 0 Å². The smallest absolute Gasteiger partial charge is 0.349 e. The summed E-state index contributed by atoms with van der Waals surface area (Å²) < 4.78 is 5.48. The van der Waals surface area contributed by atoms with E-state index in [1.807, 2.05) is 6.92 Å². The van der Waals surface area contributed by atoms with Gasteiger partial charge in [-0.25, -0.2) is 9.59 Å². The third kappa shape index (κ3) is 3.38. The molecule has 1 aliphatic rings. The molecule has 8 nitrogen and oxygen atoms in total. The van der Waals surface area contributed by atoms with Gasteiger partial charge in [0.1, 0.15) is 11.3 Å². The lowest BCUT2D eigenvalue weighted by molar-refractivity contribution is 0.102. The van der Waals surface area contributed by atoms with Crippen LogP contribution in [0.3, 0.4) is 0 Å². The summed E-state index contributed by atoms with van der Waals surface area (Å²) in [4.78, 5) is 42.1. The van der Waals surface area contributed by atoms with Crippen LogP contribution in [0.5, 0.6) is 0 Å². The lowest BCUT2D eigenvalue weighted by Gasteiger charge is -2.22. The molecule has 146 valence electrons. The number of anilines is 1. The van der Waals surface area contributed by atoms with Crippen LogP contribution in [0.1, 0.15) is 46.0 Å². The summed E-state index contributed by atoms with van der Waals surface area (Å²) in [5.74, 6) is 0.237. The molecule has 0 aliphatic carbocycles. The molecule has 28 heavy (non-hydrogen) atoms. The number of H-pyrrole nitrogens is 2. The number of piperidine rings is 1. The number of imidazole rings is 1. The maximum Gasteiger partial charge on any atom is 0.349 e. The maximum absolute atomic E-state index is 12.8. The standard InChI is InChI=1S/C20H22N4O4/c1-10-6-14-15(24-20(27)23-14)8-13(10)22-18(25)17-11(2)7-16(28-19(17)26)12-4-3-5-21-9-12/h6-8,12,21H,3-5,9H2,1-2H3,(H,22,25)(H2,23,24,27). The van der Waals surface area contributed by atoms with E-state index in [0.29, 0.717) is 28.0 Å². The van der Waals surface area contributed by atoms with E-state index in [-0.39, 0.29) is 17.2 Å². The highest BCUT2D eigenvalue weighted by atomic mass is 16.4. The van der Waals surface area contributed by atoms with Crippen molar-refractivity contribution in [3.8, 4) is 0 Å². The van der Waals surface area contributed by atoms with Crippen LogP contribution in [-0.4, -0.2) is 29.0 Å². The van der Waals surface area contributed by atoms with Gasteiger partial charge in [0, 0.05) is 18.2 Å². The zero-order valence-corrected chi connectivity index (χ0v) is 15.8. The van der Waals surface area contributed by atoms with Gasteiger partial charge in [-0.05, 0) is 62.6 Å². The molecule has 3 aromatic rings. The second kappa shape index (κ2) is 7.12. The molecule has 8 heteroatoms. The summed E-state index contributed by atoms with van der Waals surface area (Å²) in [6.07, 6.45) is 1.98. The average Bonchev–Trinajstić information content (AvgIpc) is 3.01. The number of hydrogen-bond donors (Lipinski definition) is 4. The predicted octanol–water partition coefficient (Wildman–Crippen LogP) is 2.15. The Morgan fingerprint density at radius 3 is 2.54 bits per heavy atom. The van der Waals surface area contributed by atoms with Gasteiger partial charge in [0.15, 0.2) is 0 Å². The van der Waals surface area contributed by atoms with Crippen molar-refractivity contribution in [3.05, 3.63) is 61.6 Å². The number of carbonyl (C=O) groups excluding carboxylic acids is 1. The molecular formula is C20H22N4O4. The Hall–Kier alpha value is -3.13. The number of nitrogens with one attached hydrogen (secondary N) is 4. The van der Waals surface area contributed by atoms with Crippen molar-refractivity contribution in [2.24, 2.45) is 0 Å². The third-order valence-corrected chi connectivity index (χ3v) is 5.20. The van der Waals surface area contributed by atoms with Crippen LogP contribution in [0.2, 0.25) is 0 Å². The molecule has 0 radical (unpaired) electrons. The summed E-state index contributed by atoms with van der Waals surface area (Å²) in [6, 6.07) is 5.21. The number of aromatic amines is 2. The quantitative estimate of drug-likeness (QED) is 0.553. The molecule has 1 saturated heterocycles. The van der Waals surface area contributed by atoms with Crippen LogP contribution in [0.4, 0.5) is 5.69 Å². The topological polar surface area (TPSA) is 120 Å². The first-order valence-electron chi connectivity index (χ1n) is 9.31. The summed E-state index contributed by atoms with van der Waals surface area (Å²) in [5, 5.41) is 6.06. The fourth-order valence-electron chi connectivity index (χ4n) is 3.71. The van der Waals surface area contributed by atoms with Crippen molar-refractivity contribution < 1.29 is 9.21 Å². The highest BCUT2D eigenvalue weighted by Gasteiger charge is 2.23. The second-order valence-electron chi connectivity index (χ2n) is 7.28. The molecule has 1 aliphatic heterocycles. The lowest BCUT2D eigenvalue weighted by atomic mass is 9.95. The molecule has 4 N–H and O–H groups in total. The van der Waals surface area contributed by atoms with Crippen LogP contribution in [-0.2, 0) is 0 Å². The van der Waals surface area contributed by atoms with Crippen molar-refractivity contribution >= 4 is 22.6 Å². The molecule has 0 saturated carbocycles. The molecule has 1 aromatic carbocycles. The molecule has 1 fully saturated rings. The van der Waals surface area contributed by atoms with E-state index < -0.39 is 11.5 Å². The van der Waals surface area contributed by atoms with Gasteiger partial charge in [0.25, 0.3) is 5.91 Å². The van der Waals surface area contributed by atoms with Gasteiger partial charge in [0.05, 0.1) is 11.0 Å². The number of carbonyl (C=O) groups is 1. The van der Waals surface area contributed by atoms with Crippen LogP contribution >= 0.6 is 0 Å². The Kier molecular flexibility index (Phi) is 4.64. The van der Waals surface area contributed by atoms with Gasteiger partial charge < -0.3 is 25.0 Å². The van der Waals surface area contributed by atoms with Crippen molar-refractivity contribution in [3.63, 3.8) is 0 Å². The van der Waals surface area contributed by atoms with Gasteiger partial charge in [0.2, 0.25) is 0 Å². The molecule has 1 unspecified atom stereocenters. The minimum atomic E-state index is -0.633. The molecule has 1 amide bonds. The highest BCUT2D eigenvalue weighted by molar-refractivity contribution is 6.06. The normalized spacial score (nSPS) is 17.0. The summed E-state index contributed by atoms with van der Waals surface area (Å²) in [6.45, 7) is 5.29. The van der Waals surface area contributed by atoms with Crippen LogP contribution < -0.4 is 21.9 Å². The number of aromatic nitrogens is 2. The molecule has 0 spiro atoms. The number of benzene rings is 1. The Morgan fingerprint density at radius 1 is 1.11 bits per heavy atom. The monoisotopic (exact) mass is 382 g/mol. The second-order valence-corrected chi connectivity index (χ2v) is 7.28. The SMILES string of the molecule is Cc1cc2[nH]c(=O)[nH]c2cc1NC(=O)c1c(C)cc(C2CCCNC2)oc1=O. The summed E-state index contributed by atoms with van der Waals surface area (Å²) in [7, 11) is 0. The lowest BCUT2D eigenvalue weighted by Crippen LogP contribution is -2.30. The Labute approximate surface area is 160 Å². The van der Waals surface area contributed by atoms with Crippen LogP contribution in [0, 0.1) is 13.8 Å². The zero-order chi connectivity index (χ0) is 19.8. The third-order valence-electron chi connectivity index (χ3n) is 5.20.